The number of hydrogen-bond acceptors (Lipinski definition) is 2. The average molecular weight is 276 g/mol. The SMILES string of the molecule is CC(C)(C)C=C(C(=O)O)c1ccc(O)c(C(C)(C)C)c1. The number of hydrogen-bond donors (Lipinski definition) is 2. The molecule has 0 saturated heterocycles. The summed E-state index contributed by atoms with van der Waals surface area (Å²) >= 11 is 0. The van der Waals surface area contributed by atoms with Crippen molar-refractivity contribution in [3.8, 4) is 5.75 Å². The summed E-state index contributed by atoms with van der Waals surface area (Å²) < 4.78 is 0. The van der Waals surface area contributed by atoms with Crippen LogP contribution in [0.5, 0.6) is 5.75 Å². The lowest BCUT2D eigenvalue weighted by molar-refractivity contribution is -0.130. The molecule has 0 heterocycles. The van der Waals surface area contributed by atoms with Crippen molar-refractivity contribution in [2.75, 3.05) is 0 Å². The zero-order valence-electron chi connectivity index (χ0n) is 13.1. The number of allylic oxidation sites excluding steroid dienone is 1. The van der Waals surface area contributed by atoms with Gasteiger partial charge in [-0.1, -0.05) is 53.7 Å². The van der Waals surface area contributed by atoms with E-state index in [9.17, 15) is 15.0 Å². The molecule has 0 aliphatic carbocycles. The summed E-state index contributed by atoms with van der Waals surface area (Å²) in [5.41, 5.74) is 1.16. The maximum Gasteiger partial charge on any atom is 0.335 e. The largest absolute Gasteiger partial charge is 0.508 e. The van der Waals surface area contributed by atoms with E-state index >= 15 is 0 Å². The molecule has 3 heteroatoms. The van der Waals surface area contributed by atoms with Crippen molar-refractivity contribution in [2.24, 2.45) is 5.41 Å². The van der Waals surface area contributed by atoms with Gasteiger partial charge in [-0.05, 0) is 34.1 Å². The van der Waals surface area contributed by atoms with Crippen LogP contribution < -0.4 is 0 Å². The number of carbonyl (C=O) groups is 1. The molecule has 2 N–H and O–H groups in total. The number of carboxylic acid groups (broad SMARTS) is 1. The summed E-state index contributed by atoms with van der Waals surface area (Å²) in [7, 11) is 0. The lowest BCUT2D eigenvalue weighted by Crippen LogP contribution is -2.13. The Morgan fingerprint density at radius 2 is 1.65 bits per heavy atom. The topological polar surface area (TPSA) is 57.5 Å². The Morgan fingerprint density at radius 3 is 2.05 bits per heavy atom. The molecule has 1 rings (SSSR count). The normalized spacial score (nSPS) is 13.4. The second kappa shape index (κ2) is 5.31. The first kappa shape index (κ1) is 16.3. The van der Waals surface area contributed by atoms with Crippen molar-refractivity contribution in [1.29, 1.82) is 0 Å². The van der Waals surface area contributed by atoms with Gasteiger partial charge in [-0.2, -0.15) is 0 Å². The number of aromatic hydroxyl groups is 1. The van der Waals surface area contributed by atoms with Gasteiger partial charge in [0.05, 0.1) is 5.57 Å². The predicted molar refractivity (Wildman–Crippen MR) is 81.9 cm³/mol. The van der Waals surface area contributed by atoms with Crippen LogP contribution in [0.25, 0.3) is 5.57 Å². The first-order valence-corrected chi connectivity index (χ1v) is 6.72. The highest BCUT2D eigenvalue weighted by atomic mass is 16.4. The Balaban J connectivity index is 3.45. The van der Waals surface area contributed by atoms with Crippen LogP contribution >= 0.6 is 0 Å². The Kier molecular flexibility index (Phi) is 4.33. The van der Waals surface area contributed by atoms with Crippen LogP contribution in [0.4, 0.5) is 0 Å². The van der Waals surface area contributed by atoms with Crippen LogP contribution in [0.3, 0.4) is 0 Å². The van der Waals surface area contributed by atoms with E-state index in [1.54, 1.807) is 24.3 Å². The van der Waals surface area contributed by atoms with Crippen molar-refractivity contribution < 1.29 is 15.0 Å². The van der Waals surface area contributed by atoms with Crippen LogP contribution in [-0.4, -0.2) is 16.2 Å². The van der Waals surface area contributed by atoms with Gasteiger partial charge in [0.25, 0.3) is 0 Å². The Morgan fingerprint density at radius 1 is 1.10 bits per heavy atom. The van der Waals surface area contributed by atoms with Crippen molar-refractivity contribution in [1.82, 2.24) is 0 Å². The minimum Gasteiger partial charge on any atom is -0.508 e. The summed E-state index contributed by atoms with van der Waals surface area (Å²) in [5, 5.41) is 19.4. The molecule has 3 nitrogen and oxygen atoms in total. The van der Waals surface area contributed by atoms with Crippen molar-refractivity contribution in [2.45, 2.75) is 47.0 Å². The van der Waals surface area contributed by atoms with Gasteiger partial charge < -0.3 is 10.2 Å². The molecule has 20 heavy (non-hydrogen) atoms. The lowest BCUT2D eigenvalue weighted by atomic mass is 9.83. The Hall–Kier alpha value is -1.77. The predicted octanol–water partition coefficient (Wildman–Crippen LogP) is 4.20. The van der Waals surface area contributed by atoms with Gasteiger partial charge in [0.2, 0.25) is 0 Å². The summed E-state index contributed by atoms with van der Waals surface area (Å²) in [6.45, 7) is 11.8. The number of phenols is 1. The molecule has 0 saturated carbocycles. The summed E-state index contributed by atoms with van der Waals surface area (Å²) in [4.78, 5) is 11.5. The molecule has 1 aromatic rings. The Bertz CT molecular complexity index is 540. The maximum atomic E-state index is 11.5. The van der Waals surface area contributed by atoms with E-state index in [4.69, 9.17) is 0 Å². The maximum absolute atomic E-state index is 11.5. The summed E-state index contributed by atoms with van der Waals surface area (Å²) in [6.07, 6.45) is 1.74. The Labute approximate surface area is 121 Å². The van der Waals surface area contributed by atoms with Crippen LogP contribution in [-0.2, 0) is 10.2 Å². The molecular weight excluding hydrogens is 252 g/mol. The number of aliphatic carboxylic acids is 1. The fourth-order valence-corrected chi connectivity index (χ4v) is 2.01. The van der Waals surface area contributed by atoms with Crippen molar-refractivity contribution in [3.63, 3.8) is 0 Å². The molecule has 0 aliphatic rings. The molecular formula is C17H24O3. The van der Waals surface area contributed by atoms with Crippen molar-refractivity contribution in [3.05, 3.63) is 35.4 Å². The monoisotopic (exact) mass is 276 g/mol. The van der Waals surface area contributed by atoms with Gasteiger partial charge in [-0.3, -0.25) is 0 Å². The third-order valence-electron chi connectivity index (χ3n) is 2.92. The van der Waals surface area contributed by atoms with Gasteiger partial charge in [0, 0.05) is 0 Å². The second-order valence-electron chi connectivity index (χ2n) is 7.21. The minimum absolute atomic E-state index is 0.196. The molecule has 0 fully saturated rings. The highest BCUT2D eigenvalue weighted by molar-refractivity contribution is 6.15. The summed E-state index contributed by atoms with van der Waals surface area (Å²) in [6, 6.07) is 4.98. The van der Waals surface area contributed by atoms with E-state index in [0.717, 1.165) is 5.56 Å². The molecule has 0 spiro atoms. The van der Waals surface area contributed by atoms with Gasteiger partial charge >= 0.3 is 5.97 Å². The van der Waals surface area contributed by atoms with E-state index in [2.05, 4.69) is 0 Å². The van der Waals surface area contributed by atoms with Gasteiger partial charge in [0.15, 0.2) is 0 Å². The average Bonchev–Trinajstić information content (AvgIpc) is 2.23. The number of rotatable bonds is 2. The van der Waals surface area contributed by atoms with Gasteiger partial charge in [-0.15, -0.1) is 0 Å². The highest BCUT2D eigenvalue weighted by Crippen LogP contribution is 2.34. The van der Waals surface area contributed by atoms with Crippen LogP contribution in [0.2, 0.25) is 0 Å². The lowest BCUT2D eigenvalue weighted by Gasteiger charge is -2.22. The smallest absolute Gasteiger partial charge is 0.335 e. The van der Waals surface area contributed by atoms with E-state index in [0.29, 0.717) is 5.56 Å². The van der Waals surface area contributed by atoms with E-state index in [1.807, 2.05) is 41.5 Å². The fourth-order valence-electron chi connectivity index (χ4n) is 2.01. The molecule has 0 amide bonds. The van der Waals surface area contributed by atoms with Gasteiger partial charge in [-0.25, -0.2) is 4.79 Å². The minimum atomic E-state index is -0.953. The molecule has 0 unspecified atom stereocenters. The van der Waals surface area contributed by atoms with Crippen molar-refractivity contribution >= 4 is 11.5 Å². The molecule has 1 aromatic carbocycles. The fraction of sp³-hybridized carbons (Fsp3) is 0.471. The molecule has 0 bridgehead atoms. The van der Waals surface area contributed by atoms with Gasteiger partial charge in [0.1, 0.15) is 5.75 Å². The van der Waals surface area contributed by atoms with E-state index < -0.39 is 5.97 Å². The number of phenolic OH excluding ortho intramolecular Hbond substituents is 1. The zero-order valence-corrected chi connectivity index (χ0v) is 13.1. The molecule has 0 aromatic heterocycles. The van der Waals surface area contributed by atoms with Crippen LogP contribution in [0, 0.1) is 5.41 Å². The van der Waals surface area contributed by atoms with Crippen LogP contribution in [0.15, 0.2) is 24.3 Å². The quantitative estimate of drug-likeness (QED) is 0.796. The third kappa shape index (κ3) is 4.12. The number of benzene rings is 1. The zero-order chi connectivity index (χ0) is 15.7. The summed E-state index contributed by atoms with van der Waals surface area (Å²) in [5.74, 6) is -0.757. The first-order valence-electron chi connectivity index (χ1n) is 6.72. The molecule has 0 radical (unpaired) electrons. The molecule has 0 atom stereocenters. The third-order valence-corrected chi connectivity index (χ3v) is 2.92. The van der Waals surface area contributed by atoms with E-state index in [1.165, 1.54) is 0 Å². The highest BCUT2D eigenvalue weighted by Gasteiger charge is 2.21. The standard InChI is InChI=1S/C17H24O3/c1-16(2,3)10-12(15(19)20)11-7-8-14(18)13(9-11)17(4,5)6/h7-10,18H,1-6H3,(H,19,20). The van der Waals surface area contributed by atoms with E-state index in [-0.39, 0.29) is 22.2 Å². The molecule has 110 valence electrons. The first-order chi connectivity index (χ1) is 8.92. The number of carboxylic acids is 1. The molecule has 0 aliphatic heterocycles. The van der Waals surface area contributed by atoms with Crippen LogP contribution in [0.1, 0.15) is 52.7 Å². The second-order valence-corrected chi connectivity index (χ2v) is 7.21.